The number of benzene rings is 2. The van der Waals surface area contributed by atoms with Crippen molar-refractivity contribution in [1.29, 1.82) is 0 Å². The van der Waals surface area contributed by atoms with Gasteiger partial charge in [0.25, 0.3) is 0 Å². The molecule has 0 N–H and O–H groups in total. The summed E-state index contributed by atoms with van der Waals surface area (Å²) in [6.07, 6.45) is 8.90. The second-order valence-corrected chi connectivity index (χ2v) is 7.77. The second-order valence-electron chi connectivity index (χ2n) is 7.77. The number of carbonyl (C=O) groups is 1. The Balaban J connectivity index is 0.000000709. The largest absolute Gasteiger partial charge is 0.462 e. The molecule has 0 radical (unpaired) electrons. The first-order chi connectivity index (χ1) is 15.7. The maximum atomic E-state index is 12.3. The van der Waals surface area contributed by atoms with Crippen molar-refractivity contribution in [2.24, 2.45) is 0 Å². The Bertz CT molecular complexity index is 959. The average molecular weight is 449 g/mol. The van der Waals surface area contributed by atoms with E-state index in [4.69, 9.17) is 4.74 Å². The van der Waals surface area contributed by atoms with Crippen LogP contribution in [0.3, 0.4) is 0 Å². The molecule has 0 unspecified atom stereocenters. The predicted octanol–water partition coefficient (Wildman–Crippen LogP) is 8.66. The SMILES string of the molecule is CC.CCc1cc(C)ccc1C.C\C=C/C=C\C(C)=C(/C(=O)OCC)c1ccc(C)cc1C. The maximum absolute atomic E-state index is 12.3. The average Bonchev–Trinajstić information content (AvgIpc) is 2.79. The zero-order valence-electron chi connectivity index (χ0n) is 22.5. The van der Waals surface area contributed by atoms with E-state index in [1.807, 2.05) is 84.9 Å². The zero-order valence-corrected chi connectivity index (χ0v) is 22.5. The summed E-state index contributed by atoms with van der Waals surface area (Å²) in [7, 11) is 0. The van der Waals surface area contributed by atoms with Crippen molar-refractivity contribution in [3.05, 3.63) is 99.7 Å². The van der Waals surface area contributed by atoms with Crippen molar-refractivity contribution < 1.29 is 9.53 Å². The topological polar surface area (TPSA) is 26.3 Å². The molecule has 0 bridgehead atoms. The molecule has 2 heteroatoms. The smallest absolute Gasteiger partial charge is 0.339 e. The van der Waals surface area contributed by atoms with Gasteiger partial charge in [0, 0.05) is 0 Å². The van der Waals surface area contributed by atoms with Crippen LogP contribution in [-0.2, 0) is 16.0 Å². The van der Waals surface area contributed by atoms with E-state index in [-0.39, 0.29) is 5.97 Å². The minimum Gasteiger partial charge on any atom is -0.462 e. The molecule has 0 fully saturated rings. The van der Waals surface area contributed by atoms with Crippen LogP contribution in [0.25, 0.3) is 5.57 Å². The minimum atomic E-state index is -0.271. The number of allylic oxidation sites excluding steroid dienone is 5. The quantitative estimate of drug-likeness (QED) is 0.251. The predicted molar refractivity (Wildman–Crippen MR) is 146 cm³/mol. The van der Waals surface area contributed by atoms with Crippen LogP contribution in [0.15, 0.2) is 66.3 Å². The number of carbonyl (C=O) groups excluding carboxylic acids is 1. The normalized spacial score (nSPS) is 11.3. The van der Waals surface area contributed by atoms with Crippen molar-refractivity contribution in [3.8, 4) is 0 Å². The molecule has 2 aromatic carbocycles. The molecular formula is C31H44O2. The number of esters is 1. The van der Waals surface area contributed by atoms with E-state index in [0.29, 0.717) is 12.2 Å². The van der Waals surface area contributed by atoms with E-state index >= 15 is 0 Å². The summed E-state index contributed by atoms with van der Waals surface area (Å²) in [5.74, 6) is -0.271. The summed E-state index contributed by atoms with van der Waals surface area (Å²) in [4.78, 5) is 12.3. The van der Waals surface area contributed by atoms with Gasteiger partial charge in [-0.25, -0.2) is 4.79 Å². The first kappa shape index (κ1) is 30.1. The lowest BCUT2D eigenvalue weighted by molar-refractivity contribution is -0.136. The lowest BCUT2D eigenvalue weighted by Gasteiger charge is -2.13. The van der Waals surface area contributed by atoms with Crippen LogP contribution >= 0.6 is 0 Å². The van der Waals surface area contributed by atoms with Gasteiger partial charge in [0.1, 0.15) is 0 Å². The third-order valence-corrected chi connectivity index (χ3v) is 5.06. The Hall–Kier alpha value is -2.87. The number of hydrogen-bond donors (Lipinski definition) is 0. The van der Waals surface area contributed by atoms with Crippen molar-refractivity contribution in [2.45, 2.75) is 75.7 Å². The fourth-order valence-corrected chi connectivity index (χ4v) is 3.36. The lowest BCUT2D eigenvalue weighted by atomic mass is 9.95. The number of rotatable bonds is 6. The zero-order chi connectivity index (χ0) is 25.4. The highest BCUT2D eigenvalue weighted by Crippen LogP contribution is 2.25. The number of ether oxygens (including phenoxy) is 1. The molecule has 2 rings (SSSR count). The van der Waals surface area contributed by atoms with Gasteiger partial charge in [-0.1, -0.05) is 92.6 Å². The van der Waals surface area contributed by atoms with Crippen molar-refractivity contribution in [3.63, 3.8) is 0 Å². The van der Waals surface area contributed by atoms with Crippen LogP contribution in [0.4, 0.5) is 0 Å². The van der Waals surface area contributed by atoms with Crippen LogP contribution in [0, 0.1) is 27.7 Å². The maximum Gasteiger partial charge on any atom is 0.339 e. The van der Waals surface area contributed by atoms with Gasteiger partial charge in [-0.2, -0.15) is 0 Å². The molecule has 0 atom stereocenters. The van der Waals surface area contributed by atoms with Gasteiger partial charge < -0.3 is 4.74 Å². The molecule has 0 aliphatic rings. The summed E-state index contributed by atoms with van der Waals surface area (Å²) in [6, 6.07) is 12.7. The molecule has 0 aliphatic heterocycles. The molecule has 33 heavy (non-hydrogen) atoms. The fraction of sp³-hybridized carbons (Fsp3) is 0.387. The summed E-state index contributed by atoms with van der Waals surface area (Å²) < 4.78 is 5.22. The Kier molecular flexibility index (Phi) is 15.3. The van der Waals surface area contributed by atoms with Gasteiger partial charge in [0.15, 0.2) is 0 Å². The van der Waals surface area contributed by atoms with E-state index in [1.165, 1.54) is 22.3 Å². The van der Waals surface area contributed by atoms with Crippen LogP contribution in [0.2, 0.25) is 0 Å². The van der Waals surface area contributed by atoms with E-state index in [9.17, 15) is 4.79 Å². The fourth-order valence-electron chi connectivity index (χ4n) is 3.36. The summed E-state index contributed by atoms with van der Waals surface area (Å²) in [5.41, 5.74) is 8.98. The molecule has 0 aromatic heterocycles. The van der Waals surface area contributed by atoms with Gasteiger partial charge in [0.05, 0.1) is 12.2 Å². The van der Waals surface area contributed by atoms with Crippen molar-refractivity contribution >= 4 is 11.5 Å². The van der Waals surface area contributed by atoms with E-state index in [1.54, 1.807) is 0 Å². The Morgan fingerprint density at radius 3 is 2.00 bits per heavy atom. The molecule has 0 saturated heterocycles. The highest BCUT2D eigenvalue weighted by molar-refractivity contribution is 6.18. The summed E-state index contributed by atoms with van der Waals surface area (Å²) in [6.45, 7) is 20.7. The third kappa shape index (κ3) is 10.5. The Morgan fingerprint density at radius 1 is 0.879 bits per heavy atom. The van der Waals surface area contributed by atoms with E-state index in [0.717, 1.165) is 23.1 Å². The van der Waals surface area contributed by atoms with E-state index in [2.05, 4.69) is 45.0 Å². The van der Waals surface area contributed by atoms with Crippen molar-refractivity contribution in [2.75, 3.05) is 6.61 Å². The summed E-state index contributed by atoms with van der Waals surface area (Å²) in [5, 5.41) is 0. The molecule has 2 aromatic rings. The van der Waals surface area contributed by atoms with Gasteiger partial charge >= 0.3 is 5.97 Å². The van der Waals surface area contributed by atoms with Crippen molar-refractivity contribution in [1.82, 2.24) is 0 Å². The molecule has 0 aliphatic carbocycles. The molecule has 0 amide bonds. The molecule has 0 heterocycles. The highest BCUT2D eigenvalue weighted by atomic mass is 16.5. The third-order valence-electron chi connectivity index (χ3n) is 5.06. The Labute approximate surface area is 203 Å². The number of aryl methyl sites for hydroxylation is 5. The monoisotopic (exact) mass is 448 g/mol. The Morgan fingerprint density at radius 2 is 1.48 bits per heavy atom. The second kappa shape index (κ2) is 16.7. The van der Waals surface area contributed by atoms with Crippen LogP contribution in [-0.4, -0.2) is 12.6 Å². The first-order valence-corrected chi connectivity index (χ1v) is 12.1. The van der Waals surface area contributed by atoms with Gasteiger partial charge in [0.2, 0.25) is 0 Å². The first-order valence-electron chi connectivity index (χ1n) is 12.1. The standard InChI is InChI=1S/C19H24O2.C10H14.C2H6/c1-6-8-9-10-15(4)18(19(20)21-7-2)17-12-11-14(3)13-16(17)5;1-4-10-7-8(2)5-6-9(10)3;1-2/h6,8-13H,7H2,1-5H3;5-7H,4H2,1-3H3;1-2H3/b8-6-,10-9-,18-15-;;. The van der Waals surface area contributed by atoms with Gasteiger partial charge in [-0.15, -0.1) is 0 Å². The minimum absolute atomic E-state index is 0.271. The molecule has 0 saturated carbocycles. The molecular weight excluding hydrogens is 404 g/mol. The molecule has 0 spiro atoms. The van der Waals surface area contributed by atoms with E-state index < -0.39 is 0 Å². The lowest BCUT2D eigenvalue weighted by Crippen LogP contribution is -2.09. The molecule has 180 valence electrons. The van der Waals surface area contributed by atoms with Gasteiger partial charge in [-0.05, 0) is 82.7 Å². The molecule has 2 nitrogen and oxygen atoms in total. The van der Waals surface area contributed by atoms with Crippen LogP contribution in [0.1, 0.15) is 74.9 Å². The van der Waals surface area contributed by atoms with Crippen LogP contribution < -0.4 is 0 Å². The number of hydrogen-bond acceptors (Lipinski definition) is 2. The highest BCUT2D eigenvalue weighted by Gasteiger charge is 2.17. The van der Waals surface area contributed by atoms with Crippen LogP contribution in [0.5, 0.6) is 0 Å². The summed E-state index contributed by atoms with van der Waals surface area (Å²) >= 11 is 0. The van der Waals surface area contributed by atoms with Gasteiger partial charge in [-0.3, -0.25) is 0 Å².